The minimum absolute atomic E-state index is 0.0326. The van der Waals surface area contributed by atoms with Crippen LogP contribution >= 0.6 is 7.82 Å². The molecule has 1 unspecified atom stereocenters. The van der Waals surface area contributed by atoms with Crippen molar-refractivity contribution in [3.63, 3.8) is 0 Å². The Hall–Kier alpha value is -1.51. The smallest absolute Gasteiger partial charge is 0.306 e. The Balaban J connectivity index is 4.37. The van der Waals surface area contributed by atoms with Crippen molar-refractivity contribution in [3.8, 4) is 0 Å². The first-order valence-electron chi connectivity index (χ1n) is 22.0. The van der Waals surface area contributed by atoms with Crippen LogP contribution in [0.25, 0.3) is 0 Å². The Kier molecular flexibility index (Phi) is 36.1. The number of ether oxygens (including phenoxy) is 2. The maximum atomic E-state index is 12.7. The molecule has 0 aromatic carbocycles. The number of allylic oxidation sites excluding steroid dienone is 4. The Morgan fingerprint density at radius 3 is 1.44 bits per heavy atom. The van der Waals surface area contributed by atoms with Gasteiger partial charge in [-0.2, -0.15) is 0 Å². The van der Waals surface area contributed by atoms with Gasteiger partial charge in [-0.15, -0.1) is 0 Å². The molecule has 0 saturated heterocycles. The Bertz CT molecular complexity index is 980. The largest absolute Gasteiger partial charge is 0.756 e. The molecule has 0 aromatic rings. The summed E-state index contributed by atoms with van der Waals surface area (Å²) in [5, 5.41) is 0. The van der Waals surface area contributed by atoms with Gasteiger partial charge in [0, 0.05) is 12.8 Å². The molecule has 0 spiro atoms. The third kappa shape index (κ3) is 40.2. The predicted octanol–water partition coefficient (Wildman–Crippen LogP) is 11.7. The normalized spacial score (nSPS) is 13.8. The van der Waals surface area contributed by atoms with Crippen LogP contribution in [-0.2, 0) is 32.7 Å². The van der Waals surface area contributed by atoms with E-state index in [1.54, 1.807) is 0 Å². The standard InChI is InChI=1S/C44H84NO8P/c1-6-8-10-12-14-16-18-20-22-24-26-28-30-32-34-36-43(46)50-40-42(41-52-54(48,49)51-39-38-45(3,4)5)53-44(47)37-35-33-31-29-27-25-23-21-19-17-15-13-11-9-7-2/h12,14,25,27,42H,6-11,13,15-24,26,28-41H2,1-5H3/b14-12+,27-25+/t42-/m1/s1. The summed E-state index contributed by atoms with van der Waals surface area (Å²) < 4.78 is 33.9. The summed E-state index contributed by atoms with van der Waals surface area (Å²) in [5.74, 6) is -0.851. The third-order valence-corrected chi connectivity index (χ3v) is 10.4. The monoisotopic (exact) mass is 786 g/mol. The van der Waals surface area contributed by atoms with Crippen LogP contribution in [0, 0.1) is 0 Å². The molecule has 0 N–H and O–H groups in total. The van der Waals surface area contributed by atoms with Gasteiger partial charge in [-0.25, -0.2) is 0 Å². The molecule has 10 heteroatoms. The maximum Gasteiger partial charge on any atom is 0.306 e. The minimum atomic E-state index is -4.62. The first-order chi connectivity index (χ1) is 26.0. The van der Waals surface area contributed by atoms with Crippen molar-refractivity contribution in [1.82, 2.24) is 0 Å². The Morgan fingerprint density at radius 2 is 0.963 bits per heavy atom. The molecule has 0 bridgehead atoms. The van der Waals surface area contributed by atoms with Gasteiger partial charge in [0.25, 0.3) is 7.82 Å². The first-order valence-corrected chi connectivity index (χ1v) is 23.5. The molecule has 0 amide bonds. The fourth-order valence-electron chi connectivity index (χ4n) is 5.92. The fraction of sp³-hybridized carbons (Fsp3) is 0.864. The minimum Gasteiger partial charge on any atom is -0.756 e. The van der Waals surface area contributed by atoms with Crippen molar-refractivity contribution in [2.24, 2.45) is 0 Å². The summed E-state index contributed by atoms with van der Waals surface area (Å²) in [6, 6.07) is 0. The number of carbonyl (C=O) groups excluding carboxylic acids is 2. The van der Waals surface area contributed by atoms with Gasteiger partial charge in [0.1, 0.15) is 19.8 Å². The van der Waals surface area contributed by atoms with Crippen molar-refractivity contribution in [3.05, 3.63) is 24.3 Å². The lowest BCUT2D eigenvalue weighted by Crippen LogP contribution is -2.37. The molecule has 318 valence electrons. The number of esters is 2. The van der Waals surface area contributed by atoms with E-state index in [1.165, 1.54) is 116 Å². The zero-order valence-corrected chi connectivity index (χ0v) is 36.6. The number of carbonyl (C=O) groups is 2. The summed E-state index contributed by atoms with van der Waals surface area (Å²) >= 11 is 0. The summed E-state index contributed by atoms with van der Waals surface area (Å²) in [6.07, 6.45) is 39.1. The Morgan fingerprint density at radius 1 is 0.556 bits per heavy atom. The van der Waals surface area contributed by atoms with Crippen LogP contribution in [0.4, 0.5) is 0 Å². The molecular formula is C44H84NO8P. The molecule has 2 atom stereocenters. The van der Waals surface area contributed by atoms with Crippen molar-refractivity contribution in [2.75, 3.05) is 47.5 Å². The second-order valence-electron chi connectivity index (χ2n) is 16.1. The van der Waals surface area contributed by atoms with Crippen molar-refractivity contribution < 1.29 is 42.1 Å². The average molecular weight is 786 g/mol. The lowest BCUT2D eigenvalue weighted by atomic mass is 10.1. The SMILES string of the molecule is CCCC/C=C/CCCCCCCCCCCC(=O)OC[C@H](COP(=O)([O-])OCC[N+](C)(C)C)OC(=O)CCCCC/C=C/CCCCCCCCCC. The van der Waals surface area contributed by atoms with E-state index in [0.29, 0.717) is 17.4 Å². The Labute approximate surface area is 332 Å². The van der Waals surface area contributed by atoms with Crippen LogP contribution in [0.15, 0.2) is 24.3 Å². The second kappa shape index (κ2) is 37.1. The topological polar surface area (TPSA) is 111 Å². The molecule has 0 aliphatic rings. The molecule has 0 heterocycles. The van der Waals surface area contributed by atoms with Gasteiger partial charge in [0.2, 0.25) is 0 Å². The third-order valence-electron chi connectivity index (χ3n) is 9.44. The van der Waals surface area contributed by atoms with Gasteiger partial charge in [-0.05, 0) is 57.8 Å². The fourth-order valence-corrected chi connectivity index (χ4v) is 6.65. The van der Waals surface area contributed by atoms with Crippen LogP contribution in [0.1, 0.15) is 194 Å². The van der Waals surface area contributed by atoms with Crippen LogP contribution in [0.2, 0.25) is 0 Å². The number of unbranched alkanes of at least 4 members (excludes halogenated alkanes) is 22. The van der Waals surface area contributed by atoms with E-state index in [2.05, 4.69) is 38.2 Å². The molecule has 0 aliphatic carbocycles. The number of phosphoric ester groups is 1. The summed E-state index contributed by atoms with van der Waals surface area (Å²) in [4.78, 5) is 37.5. The predicted molar refractivity (Wildman–Crippen MR) is 222 cm³/mol. The molecule has 0 rings (SSSR count). The van der Waals surface area contributed by atoms with Crippen molar-refractivity contribution >= 4 is 19.8 Å². The van der Waals surface area contributed by atoms with E-state index in [4.69, 9.17) is 18.5 Å². The zero-order valence-electron chi connectivity index (χ0n) is 35.7. The maximum absolute atomic E-state index is 12.7. The molecule has 0 fully saturated rings. The van der Waals surface area contributed by atoms with E-state index < -0.39 is 26.5 Å². The highest BCUT2D eigenvalue weighted by Gasteiger charge is 2.21. The lowest BCUT2D eigenvalue weighted by molar-refractivity contribution is -0.870. The summed E-state index contributed by atoms with van der Waals surface area (Å²) in [6.45, 7) is 4.18. The number of hydrogen-bond acceptors (Lipinski definition) is 8. The first kappa shape index (κ1) is 52.5. The molecule has 0 aromatic heterocycles. The molecule has 54 heavy (non-hydrogen) atoms. The molecule has 0 radical (unpaired) electrons. The second-order valence-corrected chi connectivity index (χ2v) is 17.5. The van der Waals surface area contributed by atoms with Crippen LogP contribution in [0.5, 0.6) is 0 Å². The van der Waals surface area contributed by atoms with E-state index >= 15 is 0 Å². The molecule has 0 aliphatic heterocycles. The van der Waals surface area contributed by atoms with Gasteiger partial charge in [-0.3, -0.25) is 14.2 Å². The van der Waals surface area contributed by atoms with Crippen molar-refractivity contribution in [2.45, 2.75) is 200 Å². The molecular weight excluding hydrogens is 701 g/mol. The van der Waals surface area contributed by atoms with Gasteiger partial charge in [0.05, 0.1) is 27.7 Å². The van der Waals surface area contributed by atoms with E-state index in [-0.39, 0.29) is 32.0 Å². The van der Waals surface area contributed by atoms with E-state index in [0.717, 1.165) is 44.9 Å². The van der Waals surface area contributed by atoms with Crippen LogP contribution < -0.4 is 4.89 Å². The highest BCUT2D eigenvalue weighted by Crippen LogP contribution is 2.38. The number of phosphoric acid groups is 1. The summed E-state index contributed by atoms with van der Waals surface area (Å²) in [7, 11) is 1.16. The number of quaternary nitrogens is 1. The highest BCUT2D eigenvalue weighted by molar-refractivity contribution is 7.45. The number of rotatable bonds is 40. The lowest BCUT2D eigenvalue weighted by Gasteiger charge is -2.28. The zero-order chi connectivity index (χ0) is 40.0. The van der Waals surface area contributed by atoms with Gasteiger partial charge >= 0.3 is 11.9 Å². The van der Waals surface area contributed by atoms with Crippen LogP contribution in [-0.4, -0.2) is 70.0 Å². The summed E-state index contributed by atoms with van der Waals surface area (Å²) in [5.41, 5.74) is 0. The quantitative estimate of drug-likeness (QED) is 0.0198. The van der Waals surface area contributed by atoms with Gasteiger partial charge in [-0.1, -0.05) is 147 Å². The number of likely N-dealkylation sites (N-methyl/N-ethyl adjacent to an activating group) is 1. The van der Waals surface area contributed by atoms with Crippen molar-refractivity contribution in [1.29, 1.82) is 0 Å². The highest BCUT2D eigenvalue weighted by atomic mass is 31.2. The average Bonchev–Trinajstić information content (AvgIpc) is 3.12. The van der Waals surface area contributed by atoms with Gasteiger partial charge in [0.15, 0.2) is 6.10 Å². The molecule has 9 nitrogen and oxygen atoms in total. The number of nitrogens with zero attached hydrogens (tertiary/aromatic N) is 1. The van der Waals surface area contributed by atoms with Gasteiger partial charge < -0.3 is 27.9 Å². The molecule has 0 saturated carbocycles. The van der Waals surface area contributed by atoms with Crippen LogP contribution in [0.3, 0.4) is 0 Å². The van der Waals surface area contributed by atoms with E-state index in [1.807, 2.05) is 21.1 Å². The van der Waals surface area contributed by atoms with E-state index in [9.17, 15) is 19.0 Å². The number of hydrogen-bond donors (Lipinski definition) is 0.